The third-order valence-corrected chi connectivity index (χ3v) is 4.32. The van der Waals surface area contributed by atoms with Crippen molar-refractivity contribution in [3.63, 3.8) is 0 Å². The molecule has 0 aliphatic rings. The Bertz CT molecular complexity index is 922. The van der Waals surface area contributed by atoms with Crippen LogP contribution in [0.25, 0.3) is 10.9 Å². The monoisotopic (exact) mass is 478 g/mol. The summed E-state index contributed by atoms with van der Waals surface area (Å²) in [6, 6.07) is 15.5. The number of pyridine rings is 1. The molecule has 0 amide bonds. The van der Waals surface area contributed by atoms with E-state index in [1.165, 1.54) is 5.56 Å². The number of fused-ring (bicyclic) bond motifs is 1. The Labute approximate surface area is 176 Å². The molecule has 0 atom stereocenters. The lowest BCUT2D eigenvalue weighted by atomic mass is 10.1. The molecule has 0 saturated carbocycles. The third-order valence-electron chi connectivity index (χ3n) is 4.32. The zero-order chi connectivity index (χ0) is 18.4. The van der Waals surface area contributed by atoms with Gasteiger partial charge in [0.2, 0.25) is 0 Å². The quantitative estimate of drug-likeness (QED) is 0.328. The van der Waals surface area contributed by atoms with Crippen LogP contribution in [-0.4, -0.2) is 24.5 Å². The van der Waals surface area contributed by atoms with Crippen LogP contribution in [0.2, 0.25) is 0 Å². The lowest BCUT2D eigenvalue weighted by molar-refractivity contribution is 0.615. The number of aryl methyl sites for hydroxylation is 1. The maximum absolute atomic E-state index is 13.6. The molecule has 6 heteroatoms. The summed E-state index contributed by atoms with van der Waals surface area (Å²) < 4.78 is 13.6. The number of aliphatic imine (C=N–C) groups is 1. The minimum Gasteiger partial charge on any atom is -0.356 e. The number of aromatic nitrogens is 1. The molecule has 1 aromatic heterocycles. The van der Waals surface area contributed by atoms with Crippen molar-refractivity contribution in [1.82, 2.24) is 15.6 Å². The van der Waals surface area contributed by atoms with E-state index in [4.69, 9.17) is 0 Å². The van der Waals surface area contributed by atoms with Gasteiger partial charge >= 0.3 is 0 Å². The number of guanidine groups is 1. The molecule has 0 aliphatic carbocycles. The smallest absolute Gasteiger partial charge is 0.191 e. The molecule has 3 rings (SSSR count). The largest absolute Gasteiger partial charge is 0.356 e. The predicted molar refractivity (Wildman–Crippen MR) is 120 cm³/mol. The predicted octanol–water partition coefficient (Wildman–Crippen LogP) is 4.21. The van der Waals surface area contributed by atoms with Gasteiger partial charge in [-0.15, -0.1) is 24.0 Å². The number of halogens is 2. The summed E-state index contributed by atoms with van der Waals surface area (Å²) in [5, 5.41) is 7.66. The van der Waals surface area contributed by atoms with Gasteiger partial charge in [0.15, 0.2) is 5.96 Å². The van der Waals surface area contributed by atoms with Crippen LogP contribution in [0.3, 0.4) is 0 Å². The van der Waals surface area contributed by atoms with Crippen LogP contribution in [0.1, 0.15) is 16.7 Å². The van der Waals surface area contributed by atoms with Crippen molar-refractivity contribution in [2.24, 2.45) is 4.99 Å². The Balaban J connectivity index is 0.00000261. The first-order chi connectivity index (χ1) is 12.7. The molecule has 0 spiro atoms. The van der Waals surface area contributed by atoms with Crippen LogP contribution in [-0.2, 0) is 13.0 Å². The van der Waals surface area contributed by atoms with Gasteiger partial charge in [0.05, 0.1) is 5.52 Å². The molecule has 2 N–H and O–H groups in total. The number of para-hydroxylation sites is 1. The highest BCUT2D eigenvalue weighted by Crippen LogP contribution is 2.16. The van der Waals surface area contributed by atoms with Crippen molar-refractivity contribution in [3.8, 4) is 0 Å². The van der Waals surface area contributed by atoms with E-state index < -0.39 is 0 Å². The molecule has 2 aromatic carbocycles. The standard InChI is InChI=1S/C21H23FN4.HI/c1-15-8-9-16(13-19(15)22)14-26-21(23-2)25-12-10-18-6-3-5-17-7-4-11-24-20(17)18;/h3-9,11,13H,10,12,14H2,1-2H3,(H2,23,25,26);1H. The second-order valence-electron chi connectivity index (χ2n) is 6.18. The molecule has 0 bridgehead atoms. The van der Waals surface area contributed by atoms with Gasteiger partial charge in [-0.25, -0.2) is 4.39 Å². The Morgan fingerprint density at radius 2 is 1.93 bits per heavy atom. The highest BCUT2D eigenvalue weighted by molar-refractivity contribution is 14.0. The van der Waals surface area contributed by atoms with Gasteiger partial charge in [0.1, 0.15) is 5.82 Å². The SMILES string of the molecule is CN=C(NCCc1cccc2cccnc12)NCc1ccc(C)c(F)c1.I. The van der Waals surface area contributed by atoms with Gasteiger partial charge in [-0.2, -0.15) is 0 Å². The van der Waals surface area contributed by atoms with E-state index in [1.54, 1.807) is 26.1 Å². The lowest BCUT2D eigenvalue weighted by Crippen LogP contribution is -2.37. The molecule has 0 aliphatic heterocycles. The number of nitrogens with one attached hydrogen (secondary N) is 2. The highest BCUT2D eigenvalue weighted by atomic mass is 127. The van der Waals surface area contributed by atoms with Crippen LogP contribution in [0.5, 0.6) is 0 Å². The minimum absolute atomic E-state index is 0. The van der Waals surface area contributed by atoms with Gasteiger partial charge in [-0.1, -0.05) is 36.4 Å². The molecule has 4 nitrogen and oxygen atoms in total. The Hall–Kier alpha value is -2.22. The first-order valence-electron chi connectivity index (χ1n) is 8.69. The first-order valence-corrected chi connectivity index (χ1v) is 8.69. The van der Waals surface area contributed by atoms with E-state index in [-0.39, 0.29) is 29.8 Å². The highest BCUT2D eigenvalue weighted by Gasteiger charge is 2.04. The van der Waals surface area contributed by atoms with Crippen LogP contribution in [0.15, 0.2) is 59.7 Å². The average Bonchev–Trinajstić information content (AvgIpc) is 2.67. The molecular formula is C21H24FIN4. The summed E-state index contributed by atoms with van der Waals surface area (Å²) in [5.74, 6) is 0.509. The molecule has 3 aromatic rings. The summed E-state index contributed by atoms with van der Waals surface area (Å²) in [7, 11) is 1.73. The Morgan fingerprint density at radius 3 is 2.70 bits per heavy atom. The maximum Gasteiger partial charge on any atom is 0.191 e. The van der Waals surface area contributed by atoms with Gasteiger partial charge in [0, 0.05) is 31.7 Å². The van der Waals surface area contributed by atoms with Gasteiger partial charge < -0.3 is 10.6 Å². The molecule has 0 unspecified atom stereocenters. The summed E-state index contributed by atoms with van der Waals surface area (Å²) >= 11 is 0. The van der Waals surface area contributed by atoms with Crippen molar-refractivity contribution < 1.29 is 4.39 Å². The summed E-state index contributed by atoms with van der Waals surface area (Å²) in [6.45, 7) is 3.01. The van der Waals surface area contributed by atoms with Crippen LogP contribution in [0, 0.1) is 12.7 Å². The van der Waals surface area contributed by atoms with Gasteiger partial charge in [-0.05, 0) is 42.2 Å². The van der Waals surface area contributed by atoms with Gasteiger partial charge in [-0.3, -0.25) is 9.98 Å². The number of rotatable bonds is 5. The summed E-state index contributed by atoms with van der Waals surface area (Å²) in [4.78, 5) is 8.70. The fourth-order valence-corrected chi connectivity index (χ4v) is 2.84. The van der Waals surface area contributed by atoms with E-state index >= 15 is 0 Å². The number of nitrogens with zero attached hydrogens (tertiary/aromatic N) is 2. The molecule has 27 heavy (non-hydrogen) atoms. The van der Waals surface area contributed by atoms with Crippen LogP contribution in [0.4, 0.5) is 4.39 Å². The number of hydrogen-bond donors (Lipinski definition) is 2. The lowest BCUT2D eigenvalue weighted by Gasteiger charge is -2.13. The van der Waals surface area contributed by atoms with Crippen LogP contribution < -0.4 is 10.6 Å². The van der Waals surface area contributed by atoms with E-state index in [9.17, 15) is 4.39 Å². The molecule has 0 saturated heterocycles. The zero-order valence-corrected chi connectivity index (χ0v) is 17.8. The summed E-state index contributed by atoms with van der Waals surface area (Å²) in [5.41, 5.74) is 3.77. The average molecular weight is 478 g/mol. The fourth-order valence-electron chi connectivity index (χ4n) is 2.84. The first kappa shape index (κ1) is 21.1. The van der Waals surface area contributed by atoms with Crippen molar-refractivity contribution in [3.05, 3.63) is 77.2 Å². The molecular weight excluding hydrogens is 454 g/mol. The molecule has 142 valence electrons. The van der Waals surface area contributed by atoms with E-state index in [1.807, 2.05) is 18.3 Å². The zero-order valence-electron chi connectivity index (χ0n) is 15.5. The van der Waals surface area contributed by atoms with Crippen molar-refractivity contribution >= 4 is 40.8 Å². The van der Waals surface area contributed by atoms with E-state index in [0.29, 0.717) is 18.1 Å². The Morgan fingerprint density at radius 1 is 1.11 bits per heavy atom. The number of benzene rings is 2. The van der Waals surface area contributed by atoms with E-state index in [0.717, 1.165) is 29.4 Å². The van der Waals surface area contributed by atoms with Gasteiger partial charge in [0.25, 0.3) is 0 Å². The van der Waals surface area contributed by atoms with Crippen molar-refractivity contribution in [2.45, 2.75) is 19.9 Å². The minimum atomic E-state index is -0.185. The van der Waals surface area contributed by atoms with Crippen LogP contribution >= 0.6 is 24.0 Å². The fraction of sp³-hybridized carbons (Fsp3) is 0.238. The van der Waals surface area contributed by atoms with Crippen molar-refractivity contribution in [2.75, 3.05) is 13.6 Å². The van der Waals surface area contributed by atoms with E-state index in [2.05, 4.69) is 44.9 Å². The topological polar surface area (TPSA) is 49.3 Å². The molecule has 0 radical (unpaired) electrons. The normalized spacial score (nSPS) is 11.1. The van der Waals surface area contributed by atoms with Crippen molar-refractivity contribution in [1.29, 1.82) is 0 Å². The Kier molecular flexibility index (Phi) is 7.97. The molecule has 0 fully saturated rings. The second kappa shape index (κ2) is 10.2. The third kappa shape index (κ3) is 5.63. The second-order valence-corrected chi connectivity index (χ2v) is 6.18. The summed E-state index contributed by atoms with van der Waals surface area (Å²) in [6.07, 6.45) is 2.66. The molecule has 1 heterocycles. The number of hydrogen-bond acceptors (Lipinski definition) is 2. The maximum atomic E-state index is 13.6.